The number of piperazine rings is 1. The van der Waals surface area contributed by atoms with Gasteiger partial charge in [0.2, 0.25) is 15.9 Å². The highest BCUT2D eigenvalue weighted by molar-refractivity contribution is 7.89. The number of hydrogen-bond acceptors (Lipinski definition) is 4. The molecule has 1 amide bonds. The molecule has 1 aromatic carbocycles. The minimum atomic E-state index is -3.49. The van der Waals surface area contributed by atoms with E-state index in [0.29, 0.717) is 30.8 Å². The Balaban J connectivity index is 1.64. The zero-order valence-electron chi connectivity index (χ0n) is 15.9. The molecule has 0 saturated carbocycles. The molecule has 2 aliphatic heterocycles. The molecule has 7 heteroatoms. The average Bonchev–Trinajstić information content (AvgIpc) is 2.64. The molecule has 0 unspecified atom stereocenters. The predicted octanol–water partition coefficient (Wildman–Crippen LogP) is 1.48. The molecular weight excluding hydrogens is 350 g/mol. The molecule has 2 saturated heterocycles. The SMILES string of the molecule is Cc1ccc(C)c(S(=O)(=O)N2CCC(C(=O)N3CCN(C)CC3)CC2)c1. The number of aryl methyl sites for hydroxylation is 2. The maximum absolute atomic E-state index is 13.0. The van der Waals surface area contributed by atoms with Crippen LogP contribution in [0.25, 0.3) is 0 Å². The summed E-state index contributed by atoms with van der Waals surface area (Å²) in [6.07, 6.45) is 1.21. The number of hydrogen-bond donors (Lipinski definition) is 0. The van der Waals surface area contributed by atoms with Crippen LogP contribution >= 0.6 is 0 Å². The second-order valence-electron chi connectivity index (χ2n) is 7.58. The molecule has 1 aromatic rings. The number of amides is 1. The van der Waals surface area contributed by atoms with Gasteiger partial charge in [0.05, 0.1) is 4.90 Å². The van der Waals surface area contributed by atoms with Gasteiger partial charge in [0, 0.05) is 45.2 Å². The number of carbonyl (C=O) groups excluding carboxylic acids is 1. The number of nitrogens with zero attached hydrogens (tertiary/aromatic N) is 3. The summed E-state index contributed by atoms with van der Waals surface area (Å²) in [7, 11) is -1.43. The smallest absolute Gasteiger partial charge is 0.243 e. The van der Waals surface area contributed by atoms with Crippen LogP contribution in [0.1, 0.15) is 24.0 Å². The van der Waals surface area contributed by atoms with E-state index < -0.39 is 10.0 Å². The number of likely N-dealkylation sites (N-methyl/N-ethyl adjacent to an activating group) is 1. The van der Waals surface area contributed by atoms with E-state index in [2.05, 4.69) is 11.9 Å². The van der Waals surface area contributed by atoms with E-state index in [1.54, 1.807) is 10.4 Å². The van der Waals surface area contributed by atoms with Gasteiger partial charge in [0.1, 0.15) is 0 Å². The van der Waals surface area contributed by atoms with Gasteiger partial charge in [-0.25, -0.2) is 8.42 Å². The molecular formula is C19H29N3O3S. The Bertz CT molecular complexity index is 762. The normalized spacial score (nSPS) is 21.1. The van der Waals surface area contributed by atoms with Crippen molar-refractivity contribution in [1.82, 2.24) is 14.1 Å². The zero-order valence-corrected chi connectivity index (χ0v) is 16.8. The van der Waals surface area contributed by atoms with Crippen LogP contribution in [-0.2, 0) is 14.8 Å². The van der Waals surface area contributed by atoms with Crippen molar-refractivity contribution in [3.8, 4) is 0 Å². The van der Waals surface area contributed by atoms with Crippen LogP contribution in [0.5, 0.6) is 0 Å². The molecule has 0 atom stereocenters. The first-order chi connectivity index (χ1) is 12.3. The maximum atomic E-state index is 13.0. The maximum Gasteiger partial charge on any atom is 0.243 e. The lowest BCUT2D eigenvalue weighted by molar-refractivity contribution is -0.138. The van der Waals surface area contributed by atoms with Crippen LogP contribution < -0.4 is 0 Å². The Morgan fingerprint density at radius 1 is 1.00 bits per heavy atom. The molecule has 0 radical (unpaired) electrons. The van der Waals surface area contributed by atoms with E-state index in [1.165, 1.54) is 0 Å². The number of rotatable bonds is 3. The van der Waals surface area contributed by atoms with Gasteiger partial charge in [-0.2, -0.15) is 4.31 Å². The summed E-state index contributed by atoms with van der Waals surface area (Å²) in [6.45, 7) is 7.93. The van der Waals surface area contributed by atoms with Gasteiger partial charge in [0.25, 0.3) is 0 Å². The second-order valence-corrected chi connectivity index (χ2v) is 9.48. The van der Waals surface area contributed by atoms with E-state index in [4.69, 9.17) is 0 Å². The number of sulfonamides is 1. The van der Waals surface area contributed by atoms with Gasteiger partial charge in [0.15, 0.2) is 0 Å². The molecule has 2 aliphatic rings. The summed E-state index contributed by atoms with van der Waals surface area (Å²) < 4.78 is 27.5. The third kappa shape index (κ3) is 3.94. The monoisotopic (exact) mass is 379 g/mol. The molecule has 0 aliphatic carbocycles. The van der Waals surface area contributed by atoms with Crippen molar-refractivity contribution in [1.29, 1.82) is 0 Å². The Hall–Kier alpha value is -1.44. The summed E-state index contributed by atoms with van der Waals surface area (Å²) in [4.78, 5) is 17.3. The van der Waals surface area contributed by atoms with Crippen molar-refractivity contribution in [3.63, 3.8) is 0 Å². The molecule has 0 aromatic heterocycles. The van der Waals surface area contributed by atoms with Gasteiger partial charge >= 0.3 is 0 Å². The molecule has 26 heavy (non-hydrogen) atoms. The quantitative estimate of drug-likeness (QED) is 0.798. The number of piperidine rings is 1. The van der Waals surface area contributed by atoms with Crippen molar-refractivity contribution < 1.29 is 13.2 Å². The third-order valence-electron chi connectivity index (χ3n) is 5.58. The van der Waals surface area contributed by atoms with Crippen molar-refractivity contribution in [2.45, 2.75) is 31.6 Å². The zero-order chi connectivity index (χ0) is 18.9. The van der Waals surface area contributed by atoms with E-state index in [0.717, 1.165) is 37.3 Å². The van der Waals surface area contributed by atoms with E-state index in [-0.39, 0.29) is 11.8 Å². The average molecular weight is 380 g/mol. The van der Waals surface area contributed by atoms with Crippen molar-refractivity contribution in [2.24, 2.45) is 5.92 Å². The first-order valence-corrected chi connectivity index (χ1v) is 10.8. The highest BCUT2D eigenvalue weighted by atomic mass is 32.2. The van der Waals surface area contributed by atoms with Crippen LogP contribution in [0.15, 0.2) is 23.1 Å². The lowest BCUT2D eigenvalue weighted by atomic mass is 9.96. The van der Waals surface area contributed by atoms with Gasteiger partial charge in [-0.05, 0) is 50.9 Å². The van der Waals surface area contributed by atoms with Crippen LogP contribution in [0, 0.1) is 19.8 Å². The van der Waals surface area contributed by atoms with Crippen LogP contribution in [-0.4, -0.2) is 74.7 Å². The fourth-order valence-electron chi connectivity index (χ4n) is 3.75. The van der Waals surface area contributed by atoms with Gasteiger partial charge in [-0.3, -0.25) is 4.79 Å². The Morgan fingerprint density at radius 3 is 2.23 bits per heavy atom. The molecule has 6 nitrogen and oxygen atoms in total. The summed E-state index contributed by atoms with van der Waals surface area (Å²) in [6, 6.07) is 5.52. The fourth-order valence-corrected chi connectivity index (χ4v) is 5.53. The largest absolute Gasteiger partial charge is 0.340 e. The minimum Gasteiger partial charge on any atom is -0.340 e. The molecule has 2 heterocycles. The third-order valence-corrected chi connectivity index (χ3v) is 7.62. The number of carbonyl (C=O) groups is 1. The van der Waals surface area contributed by atoms with Gasteiger partial charge in [-0.15, -0.1) is 0 Å². The lowest BCUT2D eigenvalue weighted by Crippen LogP contribution is -2.51. The van der Waals surface area contributed by atoms with Gasteiger partial charge < -0.3 is 9.80 Å². The lowest BCUT2D eigenvalue weighted by Gasteiger charge is -2.37. The molecule has 0 N–H and O–H groups in total. The number of benzene rings is 1. The van der Waals surface area contributed by atoms with E-state index >= 15 is 0 Å². The second kappa shape index (κ2) is 7.66. The Labute approximate surface area is 156 Å². The summed E-state index contributed by atoms with van der Waals surface area (Å²) in [5.74, 6) is 0.144. The highest BCUT2D eigenvalue weighted by Gasteiger charge is 2.34. The topological polar surface area (TPSA) is 60.9 Å². The fraction of sp³-hybridized carbons (Fsp3) is 0.632. The molecule has 0 spiro atoms. The first kappa shape index (κ1) is 19.3. The van der Waals surface area contributed by atoms with Crippen molar-refractivity contribution in [3.05, 3.63) is 29.3 Å². The van der Waals surface area contributed by atoms with Crippen molar-refractivity contribution in [2.75, 3.05) is 46.3 Å². The Kier molecular flexibility index (Phi) is 5.69. The summed E-state index contributed by atoms with van der Waals surface area (Å²) in [5, 5.41) is 0. The van der Waals surface area contributed by atoms with E-state index in [9.17, 15) is 13.2 Å². The molecule has 3 rings (SSSR count). The van der Waals surface area contributed by atoms with Gasteiger partial charge in [-0.1, -0.05) is 12.1 Å². The summed E-state index contributed by atoms with van der Waals surface area (Å²) in [5.41, 5.74) is 1.71. The predicted molar refractivity (Wildman–Crippen MR) is 101 cm³/mol. The molecule has 0 bridgehead atoms. The van der Waals surface area contributed by atoms with Crippen molar-refractivity contribution >= 4 is 15.9 Å². The van der Waals surface area contributed by atoms with Crippen LogP contribution in [0.2, 0.25) is 0 Å². The molecule has 144 valence electrons. The van der Waals surface area contributed by atoms with Crippen LogP contribution in [0.3, 0.4) is 0 Å². The van der Waals surface area contributed by atoms with Crippen LogP contribution in [0.4, 0.5) is 0 Å². The molecule has 2 fully saturated rings. The minimum absolute atomic E-state index is 0.0523. The Morgan fingerprint density at radius 2 is 1.62 bits per heavy atom. The van der Waals surface area contributed by atoms with E-state index in [1.807, 2.05) is 30.9 Å². The highest BCUT2D eigenvalue weighted by Crippen LogP contribution is 2.27. The first-order valence-electron chi connectivity index (χ1n) is 9.34. The standard InChI is InChI=1S/C19H29N3O3S/c1-15-4-5-16(2)18(14-15)26(24,25)22-8-6-17(7-9-22)19(23)21-12-10-20(3)11-13-21/h4-5,14,17H,6-13H2,1-3H3. The summed E-state index contributed by atoms with van der Waals surface area (Å²) >= 11 is 0.